The Balaban J connectivity index is 1.73. The zero-order valence-electron chi connectivity index (χ0n) is 28.7. The highest BCUT2D eigenvalue weighted by atomic mass is 19.1. The number of pyridine rings is 1. The summed E-state index contributed by atoms with van der Waals surface area (Å²) in [4.78, 5) is 41.6. The van der Waals surface area contributed by atoms with Gasteiger partial charge in [0, 0.05) is 38.5 Å². The fraction of sp³-hybridized carbons (Fsp3) is 0.486. The number of carboxylic acid groups (broad SMARTS) is 1. The highest BCUT2D eigenvalue weighted by molar-refractivity contribution is 5.82. The highest BCUT2D eigenvalue weighted by Gasteiger charge is 2.31. The van der Waals surface area contributed by atoms with Crippen LogP contribution in [0.2, 0.25) is 0 Å². The van der Waals surface area contributed by atoms with Crippen molar-refractivity contribution in [2.24, 2.45) is 5.92 Å². The van der Waals surface area contributed by atoms with Gasteiger partial charge >= 0.3 is 5.97 Å². The molecular formula is C37H47F2N3O5. The van der Waals surface area contributed by atoms with Gasteiger partial charge < -0.3 is 19.7 Å². The van der Waals surface area contributed by atoms with E-state index in [0.717, 1.165) is 39.9 Å². The average molecular weight is 652 g/mol. The molecule has 1 fully saturated rings. The SMILES string of the molecule is COC1CN(CCc2cn(C(CC(C)C)C(=O)NC(CC(=O)O)c3cc(-c4c(C)cc(C)cc4C)cc(C)c3F)c(=O)c(F)c2C)C1. The molecule has 0 spiro atoms. The van der Waals surface area contributed by atoms with Crippen LogP contribution < -0.4 is 10.9 Å². The van der Waals surface area contributed by atoms with E-state index in [9.17, 15) is 19.5 Å². The predicted molar refractivity (Wildman–Crippen MR) is 179 cm³/mol. The molecule has 1 saturated heterocycles. The lowest BCUT2D eigenvalue weighted by Crippen LogP contribution is -2.52. The third-order valence-corrected chi connectivity index (χ3v) is 9.13. The Morgan fingerprint density at radius 3 is 2.21 bits per heavy atom. The Bertz CT molecular complexity index is 1690. The minimum absolute atomic E-state index is 0.0328. The van der Waals surface area contributed by atoms with E-state index in [0.29, 0.717) is 29.7 Å². The van der Waals surface area contributed by atoms with Gasteiger partial charge in [-0.1, -0.05) is 31.5 Å². The molecular weight excluding hydrogens is 604 g/mol. The maximum atomic E-state index is 15.8. The molecule has 8 nitrogen and oxygen atoms in total. The molecule has 47 heavy (non-hydrogen) atoms. The highest BCUT2D eigenvalue weighted by Crippen LogP contribution is 2.34. The molecule has 0 saturated carbocycles. The Kier molecular flexibility index (Phi) is 11.4. The number of halogens is 2. The molecule has 1 aliphatic heterocycles. The molecule has 0 radical (unpaired) electrons. The molecule has 0 bridgehead atoms. The van der Waals surface area contributed by atoms with Gasteiger partial charge in [-0.2, -0.15) is 0 Å². The maximum Gasteiger partial charge on any atom is 0.305 e. The van der Waals surface area contributed by atoms with Crippen molar-refractivity contribution in [2.75, 3.05) is 26.7 Å². The van der Waals surface area contributed by atoms with E-state index < -0.39 is 47.6 Å². The summed E-state index contributed by atoms with van der Waals surface area (Å²) in [5.74, 6) is -3.54. The number of aryl methyl sites for hydroxylation is 4. The molecule has 4 rings (SSSR count). The van der Waals surface area contributed by atoms with Crippen LogP contribution >= 0.6 is 0 Å². The van der Waals surface area contributed by atoms with Crippen LogP contribution in [0, 0.1) is 52.2 Å². The van der Waals surface area contributed by atoms with Gasteiger partial charge in [0.1, 0.15) is 11.9 Å². The molecule has 1 aliphatic rings. The molecule has 2 atom stereocenters. The number of nitrogens with one attached hydrogen (secondary N) is 1. The van der Waals surface area contributed by atoms with Crippen molar-refractivity contribution in [1.82, 2.24) is 14.8 Å². The molecule has 2 unspecified atom stereocenters. The zero-order chi connectivity index (χ0) is 34.7. The molecule has 2 N–H and O–H groups in total. The third kappa shape index (κ3) is 8.16. The zero-order valence-corrected chi connectivity index (χ0v) is 28.7. The lowest BCUT2D eigenvalue weighted by atomic mass is 9.89. The van der Waals surface area contributed by atoms with Crippen molar-refractivity contribution in [2.45, 2.75) is 85.9 Å². The van der Waals surface area contributed by atoms with Gasteiger partial charge in [-0.25, -0.2) is 8.78 Å². The Labute approximate surface area is 275 Å². The second kappa shape index (κ2) is 14.9. The molecule has 1 aromatic heterocycles. The number of aromatic nitrogens is 1. The quantitative estimate of drug-likeness (QED) is 0.231. The fourth-order valence-electron chi connectivity index (χ4n) is 6.66. The second-order valence-corrected chi connectivity index (χ2v) is 13.4. The minimum atomic E-state index is -1.25. The van der Waals surface area contributed by atoms with Crippen molar-refractivity contribution < 1.29 is 28.2 Å². The van der Waals surface area contributed by atoms with E-state index in [2.05, 4.69) is 10.2 Å². The summed E-state index contributed by atoms with van der Waals surface area (Å²) in [6.45, 7) is 15.0. The standard InChI is InChI=1S/C37H47F2N3O5/c1-20(2)11-31(42-17-26(25(7)35(39)37(42)46)9-10-41-18-28(19-41)47-8)36(45)40-30(16-32(43)44)29-15-27(14-24(6)34(29)38)33-22(4)12-21(3)13-23(33)5/h12-15,17,20,28,30-31H,9-11,16,18-19H2,1-8H3,(H,40,45)(H,43,44). The van der Waals surface area contributed by atoms with Crippen LogP contribution in [0.1, 0.15) is 77.7 Å². The molecule has 3 aromatic rings. The van der Waals surface area contributed by atoms with E-state index in [4.69, 9.17) is 4.74 Å². The Hall–Kier alpha value is -3.89. The number of carbonyl (C=O) groups is 2. The number of benzene rings is 2. The lowest BCUT2D eigenvalue weighted by Gasteiger charge is -2.38. The van der Waals surface area contributed by atoms with E-state index >= 15 is 8.78 Å². The van der Waals surface area contributed by atoms with Gasteiger partial charge in [0.15, 0.2) is 5.82 Å². The number of amides is 1. The van der Waals surface area contributed by atoms with Gasteiger partial charge in [-0.3, -0.25) is 19.3 Å². The summed E-state index contributed by atoms with van der Waals surface area (Å²) in [6, 6.07) is 4.98. The number of hydrogen-bond donors (Lipinski definition) is 2. The van der Waals surface area contributed by atoms with E-state index in [1.165, 1.54) is 0 Å². The molecule has 254 valence electrons. The second-order valence-electron chi connectivity index (χ2n) is 13.4. The summed E-state index contributed by atoms with van der Waals surface area (Å²) < 4.78 is 37.7. The van der Waals surface area contributed by atoms with Crippen molar-refractivity contribution in [3.63, 3.8) is 0 Å². The molecule has 1 amide bonds. The van der Waals surface area contributed by atoms with Gasteiger partial charge in [0.25, 0.3) is 5.56 Å². The number of likely N-dealkylation sites (tertiary alicyclic amines) is 1. The van der Waals surface area contributed by atoms with Crippen LogP contribution in [-0.2, 0) is 20.7 Å². The first-order valence-electron chi connectivity index (χ1n) is 16.2. The van der Waals surface area contributed by atoms with Crippen LogP contribution in [0.25, 0.3) is 11.1 Å². The first-order chi connectivity index (χ1) is 22.1. The van der Waals surface area contributed by atoms with E-state index in [1.54, 1.807) is 39.3 Å². The van der Waals surface area contributed by atoms with Gasteiger partial charge in [0.2, 0.25) is 5.91 Å². The first-order valence-corrected chi connectivity index (χ1v) is 16.2. The van der Waals surface area contributed by atoms with Crippen LogP contribution in [0.5, 0.6) is 0 Å². The number of hydrogen-bond acceptors (Lipinski definition) is 5. The smallest absolute Gasteiger partial charge is 0.305 e. The minimum Gasteiger partial charge on any atom is -0.481 e. The predicted octanol–water partition coefficient (Wildman–Crippen LogP) is 6.13. The largest absolute Gasteiger partial charge is 0.481 e. The normalized spacial score (nSPS) is 15.0. The third-order valence-electron chi connectivity index (χ3n) is 9.13. The van der Waals surface area contributed by atoms with Crippen LogP contribution in [0.15, 0.2) is 35.3 Å². The monoisotopic (exact) mass is 651 g/mol. The van der Waals surface area contributed by atoms with Crippen LogP contribution in [0.4, 0.5) is 8.78 Å². The van der Waals surface area contributed by atoms with Crippen LogP contribution in [0.3, 0.4) is 0 Å². The van der Waals surface area contributed by atoms with Crippen LogP contribution in [-0.4, -0.2) is 59.3 Å². The summed E-state index contributed by atoms with van der Waals surface area (Å²) in [6.07, 6.45) is 1.76. The topological polar surface area (TPSA) is 101 Å². The first kappa shape index (κ1) is 36.0. The van der Waals surface area contributed by atoms with E-state index in [-0.39, 0.29) is 29.6 Å². The number of ether oxygens (including phenoxy) is 1. The number of carbonyl (C=O) groups excluding carboxylic acids is 1. The molecule has 10 heteroatoms. The van der Waals surface area contributed by atoms with Gasteiger partial charge in [-0.05, 0) is 104 Å². The number of rotatable bonds is 13. The van der Waals surface area contributed by atoms with Crippen molar-refractivity contribution in [3.8, 4) is 11.1 Å². The summed E-state index contributed by atoms with van der Waals surface area (Å²) in [5.41, 5.74) is 4.91. The molecule has 2 aromatic carbocycles. The summed E-state index contributed by atoms with van der Waals surface area (Å²) in [5, 5.41) is 12.6. The van der Waals surface area contributed by atoms with Gasteiger partial charge in [0.05, 0.1) is 18.6 Å². The maximum absolute atomic E-state index is 15.8. The van der Waals surface area contributed by atoms with Crippen molar-refractivity contribution in [3.05, 3.63) is 91.4 Å². The molecule has 2 heterocycles. The van der Waals surface area contributed by atoms with Crippen molar-refractivity contribution >= 4 is 11.9 Å². The number of methoxy groups -OCH3 is 1. The number of nitrogens with zero attached hydrogens (tertiary/aromatic N) is 2. The summed E-state index contributed by atoms with van der Waals surface area (Å²) >= 11 is 0. The average Bonchev–Trinajstić information content (AvgIpc) is 2.95. The van der Waals surface area contributed by atoms with Crippen molar-refractivity contribution in [1.29, 1.82) is 0 Å². The van der Waals surface area contributed by atoms with E-state index in [1.807, 2.05) is 46.8 Å². The summed E-state index contributed by atoms with van der Waals surface area (Å²) in [7, 11) is 1.66. The fourth-order valence-corrected chi connectivity index (χ4v) is 6.66. The Morgan fingerprint density at radius 2 is 1.64 bits per heavy atom. The Morgan fingerprint density at radius 1 is 1.00 bits per heavy atom. The number of aliphatic carboxylic acids is 1. The molecule has 0 aliphatic carbocycles. The van der Waals surface area contributed by atoms with Gasteiger partial charge in [-0.15, -0.1) is 0 Å². The lowest BCUT2D eigenvalue weighted by molar-refractivity contribution is -0.138. The number of carboxylic acids is 1.